The number of thiazole rings is 1. The highest BCUT2D eigenvalue weighted by Crippen LogP contribution is 2.46. The summed E-state index contributed by atoms with van der Waals surface area (Å²) in [5.41, 5.74) is 1.69. The minimum atomic E-state index is -4.64. The molecule has 194 valence electrons. The van der Waals surface area contributed by atoms with E-state index in [2.05, 4.69) is 15.2 Å². The number of hydrogen-bond acceptors (Lipinski definition) is 7. The summed E-state index contributed by atoms with van der Waals surface area (Å²) in [5.74, 6) is -0.127. The molecule has 1 saturated carbocycles. The lowest BCUT2D eigenvalue weighted by atomic mass is 9.90. The van der Waals surface area contributed by atoms with E-state index < -0.39 is 17.6 Å². The van der Waals surface area contributed by atoms with Gasteiger partial charge in [-0.25, -0.2) is 14.4 Å². The molecule has 0 spiro atoms. The second kappa shape index (κ2) is 9.02. The third-order valence-electron chi connectivity index (χ3n) is 6.85. The summed E-state index contributed by atoms with van der Waals surface area (Å²) in [6.45, 7) is 0.496. The predicted molar refractivity (Wildman–Crippen MR) is 131 cm³/mol. The molecule has 1 unspecified atom stereocenters. The normalized spacial score (nSPS) is 20.5. The number of hydrogen-bond donors (Lipinski definition) is 1. The van der Waals surface area contributed by atoms with Crippen LogP contribution in [0.3, 0.4) is 0 Å². The van der Waals surface area contributed by atoms with Crippen LogP contribution in [-0.2, 0) is 10.9 Å². The van der Waals surface area contributed by atoms with Gasteiger partial charge in [0.2, 0.25) is 0 Å². The van der Waals surface area contributed by atoms with Gasteiger partial charge < -0.3 is 9.64 Å². The number of aromatic nitrogens is 5. The fourth-order valence-corrected chi connectivity index (χ4v) is 5.70. The van der Waals surface area contributed by atoms with E-state index >= 15 is 4.39 Å². The Labute approximate surface area is 213 Å². The number of alkyl halides is 3. The average Bonchev–Trinajstić information content (AvgIpc) is 3.41. The van der Waals surface area contributed by atoms with Crippen LogP contribution in [0.25, 0.3) is 21.6 Å². The summed E-state index contributed by atoms with van der Waals surface area (Å²) in [5, 5.41) is 8.04. The smallest absolute Gasteiger partial charge is 0.373 e. The molecule has 7 nitrogen and oxygen atoms in total. The molecule has 4 heterocycles. The lowest BCUT2D eigenvalue weighted by molar-refractivity contribution is -0.137. The molecule has 1 aliphatic carbocycles. The van der Waals surface area contributed by atoms with E-state index in [0.29, 0.717) is 52.7 Å². The van der Waals surface area contributed by atoms with E-state index in [1.54, 1.807) is 0 Å². The van der Waals surface area contributed by atoms with Gasteiger partial charge in [0, 0.05) is 49.9 Å². The molecule has 0 bridgehead atoms. The summed E-state index contributed by atoms with van der Waals surface area (Å²) in [4.78, 5) is 15.9. The van der Waals surface area contributed by atoms with Crippen molar-refractivity contribution in [3.05, 3.63) is 52.9 Å². The molecular formula is C25H24F4N6OS. The van der Waals surface area contributed by atoms with Crippen LogP contribution in [0.2, 0.25) is 0 Å². The lowest BCUT2D eigenvalue weighted by Crippen LogP contribution is -2.21. The fraction of sp³-hybridized carbons (Fsp3) is 0.440. The number of aromatic amines is 1. The topological polar surface area (TPSA) is 79.8 Å². The van der Waals surface area contributed by atoms with Crippen LogP contribution in [0, 0.1) is 5.82 Å². The Morgan fingerprint density at radius 3 is 2.59 bits per heavy atom. The second-order valence-electron chi connectivity index (χ2n) is 9.75. The predicted octanol–water partition coefficient (Wildman–Crippen LogP) is 6.21. The number of ether oxygens (including phenoxy) is 1. The van der Waals surface area contributed by atoms with Gasteiger partial charge in [0.15, 0.2) is 10.8 Å². The zero-order valence-electron chi connectivity index (χ0n) is 20.1. The highest BCUT2D eigenvalue weighted by molar-refractivity contribution is 7.22. The quantitative estimate of drug-likeness (QED) is 0.308. The van der Waals surface area contributed by atoms with Crippen molar-refractivity contribution in [1.29, 1.82) is 0 Å². The van der Waals surface area contributed by atoms with Gasteiger partial charge in [0.1, 0.15) is 16.3 Å². The average molecular weight is 533 g/mol. The summed E-state index contributed by atoms with van der Waals surface area (Å²) in [7, 11) is 3.66. The molecule has 6 rings (SSSR count). The van der Waals surface area contributed by atoms with E-state index in [1.807, 2.05) is 25.2 Å². The standard InChI is InChI=1S/C25H24F4N6OS/c1-35(2)24-33-23-21(37-24)20(15-6-5-14(10-17(15)26)25(27,28)29)31-22(32-23)13-7-8-36-18(9-13)16-11-30-34-19(16)12-3-4-12/h5-6,10-13,18H,3-4,7-9H2,1-2H3,(H,30,34)/t13?,18-/m1/s1. The maximum Gasteiger partial charge on any atom is 0.416 e. The van der Waals surface area contributed by atoms with Crippen LogP contribution in [0.5, 0.6) is 0 Å². The van der Waals surface area contributed by atoms with E-state index in [1.165, 1.54) is 11.3 Å². The van der Waals surface area contributed by atoms with Gasteiger partial charge in [-0.05, 0) is 43.9 Å². The van der Waals surface area contributed by atoms with Crippen LogP contribution in [0.4, 0.5) is 22.7 Å². The first kappa shape index (κ1) is 24.2. The third kappa shape index (κ3) is 4.56. The van der Waals surface area contributed by atoms with Crippen LogP contribution in [-0.4, -0.2) is 45.9 Å². The highest BCUT2D eigenvalue weighted by Gasteiger charge is 2.35. The van der Waals surface area contributed by atoms with E-state index in [-0.39, 0.29) is 23.3 Å². The Kier molecular flexibility index (Phi) is 5.90. The summed E-state index contributed by atoms with van der Waals surface area (Å²) in [6, 6.07) is 2.53. The zero-order chi connectivity index (χ0) is 25.9. The number of halogens is 4. The number of fused-ring (bicyclic) bond motifs is 1. The van der Waals surface area contributed by atoms with Gasteiger partial charge in [-0.3, -0.25) is 5.10 Å². The van der Waals surface area contributed by atoms with Crippen molar-refractivity contribution >= 4 is 26.8 Å². The highest BCUT2D eigenvalue weighted by atomic mass is 32.1. The molecule has 1 aliphatic heterocycles. The fourth-order valence-electron chi connectivity index (χ4n) is 4.77. The molecule has 0 radical (unpaired) electrons. The molecule has 2 fully saturated rings. The van der Waals surface area contributed by atoms with Crippen LogP contribution >= 0.6 is 11.3 Å². The maximum atomic E-state index is 15.1. The number of benzene rings is 1. The number of rotatable bonds is 5. The van der Waals surface area contributed by atoms with Crippen molar-refractivity contribution < 1.29 is 22.3 Å². The van der Waals surface area contributed by atoms with Crippen molar-refractivity contribution in [2.45, 2.75) is 49.8 Å². The molecule has 1 saturated heterocycles. The first-order chi connectivity index (χ1) is 17.7. The molecule has 0 amide bonds. The second-order valence-corrected chi connectivity index (χ2v) is 10.7. The third-order valence-corrected chi connectivity index (χ3v) is 8.07. The molecule has 4 aromatic rings. The van der Waals surface area contributed by atoms with Crippen molar-refractivity contribution in [1.82, 2.24) is 25.1 Å². The Balaban J connectivity index is 1.42. The van der Waals surface area contributed by atoms with Gasteiger partial charge in [0.25, 0.3) is 0 Å². The van der Waals surface area contributed by atoms with E-state index in [4.69, 9.17) is 14.7 Å². The first-order valence-corrected chi connectivity index (χ1v) is 12.9. The van der Waals surface area contributed by atoms with Crippen molar-refractivity contribution in [2.75, 3.05) is 25.6 Å². The van der Waals surface area contributed by atoms with E-state index in [0.717, 1.165) is 36.2 Å². The lowest BCUT2D eigenvalue weighted by Gasteiger charge is -2.29. The van der Waals surface area contributed by atoms with Gasteiger partial charge in [0.05, 0.1) is 23.1 Å². The van der Waals surface area contributed by atoms with E-state index in [9.17, 15) is 13.2 Å². The number of nitrogens with one attached hydrogen (secondary N) is 1. The molecule has 1 N–H and O–H groups in total. The minimum Gasteiger partial charge on any atom is -0.373 e. The Morgan fingerprint density at radius 1 is 1.08 bits per heavy atom. The maximum absolute atomic E-state index is 15.1. The van der Waals surface area contributed by atoms with Gasteiger partial charge in [-0.2, -0.15) is 23.3 Å². The van der Waals surface area contributed by atoms with Crippen molar-refractivity contribution in [3.63, 3.8) is 0 Å². The summed E-state index contributed by atoms with van der Waals surface area (Å²) >= 11 is 1.28. The molecular weight excluding hydrogens is 508 g/mol. The van der Waals surface area contributed by atoms with Crippen LogP contribution < -0.4 is 4.90 Å². The largest absolute Gasteiger partial charge is 0.416 e. The molecule has 37 heavy (non-hydrogen) atoms. The van der Waals surface area contributed by atoms with Gasteiger partial charge >= 0.3 is 6.18 Å². The zero-order valence-corrected chi connectivity index (χ0v) is 21.0. The molecule has 1 aromatic carbocycles. The number of anilines is 1. The minimum absolute atomic E-state index is 0.00919. The SMILES string of the molecule is CN(C)c1nc2nc(C3CCO[C@@H](c4c[nH]nc4C4CC4)C3)nc(-c3ccc(C(F)(F)F)cc3F)c2s1. The summed E-state index contributed by atoms with van der Waals surface area (Å²) < 4.78 is 61.2. The Bertz CT molecular complexity index is 1460. The monoisotopic (exact) mass is 532 g/mol. The Hall–Kier alpha value is -3.12. The van der Waals surface area contributed by atoms with Gasteiger partial charge in [-0.1, -0.05) is 11.3 Å². The van der Waals surface area contributed by atoms with Gasteiger partial charge in [-0.15, -0.1) is 0 Å². The molecule has 3 aromatic heterocycles. The molecule has 12 heteroatoms. The first-order valence-electron chi connectivity index (χ1n) is 12.1. The van der Waals surface area contributed by atoms with Crippen molar-refractivity contribution in [3.8, 4) is 11.3 Å². The molecule has 2 atom stereocenters. The number of H-pyrrole nitrogens is 1. The van der Waals surface area contributed by atoms with Crippen LogP contribution in [0.15, 0.2) is 24.4 Å². The van der Waals surface area contributed by atoms with Crippen LogP contribution in [0.1, 0.15) is 66.3 Å². The molecule has 2 aliphatic rings. The number of nitrogens with zero attached hydrogens (tertiary/aromatic N) is 5. The summed E-state index contributed by atoms with van der Waals surface area (Å²) in [6.07, 6.45) is 0.589. The Morgan fingerprint density at radius 2 is 1.89 bits per heavy atom. The van der Waals surface area contributed by atoms with Crippen molar-refractivity contribution in [2.24, 2.45) is 0 Å².